The van der Waals surface area contributed by atoms with E-state index in [1.54, 1.807) is 18.2 Å². The summed E-state index contributed by atoms with van der Waals surface area (Å²) in [4.78, 5) is 6.30. The van der Waals surface area contributed by atoms with E-state index in [1.807, 2.05) is 4.90 Å². The first kappa shape index (κ1) is 20.9. The summed E-state index contributed by atoms with van der Waals surface area (Å²) in [6.07, 6.45) is 10.5. The Morgan fingerprint density at radius 1 is 1.31 bits per heavy atom. The van der Waals surface area contributed by atoms with Crippen LogP contribution in [0.25, 0.3) is 0 Å². The van der Waals surface area contributed by atoms with E-state index in [9.17, 15) is 13.5 Å². The first-order chi connectivity index (χ1) is 13.8. The van der Waals surface area contributed by atoms with Crippen molar-refractivity contribution in [1.29, 1.82) is 0 Å². The highest BCUT2D eigenvalue weighted by molar-refractivity contribution is 7.88. The number of aromatic nitrogens is 2. The lowest BCUT2D eigenvalue weighted by molar-refractivity contribution is 0.173. The maximum absolute atomic E-state index is 11.8. The van der Waals surface area contributed by atoms with E-state index in [-0.39, 0.29) is 30.5 Å². The summed E-state index contributed by atoms with van der Waals surface area (Å²) < 4.78 is 27.5. The molecule has 158 valence electrons. The van der Waals surface area contributed by atoms with Gasteiger partial charge >= 0.3 is 0 Å². The van der Waals surface area contributed by atoms with E-state index in [4.69, 9.17) is 10.8 Å². The fraction of sp³-hybridized carbons (Fsp3) is 0.444. The molecule has 0 bridgehead atoms. The van der Waals surface area contributed by atoms with Gasteiger partial charge < -0.3 is 20.8 Å². The molecule has 11 heteroatoms. The van der Waals surface area contributed by atoms with E-state index in [1.165, 1.54) is 10.9 Å². The molecule has 3 rings (SSSR count). The largest absolute Gasteiger partial charge is 0.494 e. The third-order valence-electron chi connectivity index (χ3n) is 4.62. The minimum Gasteiger partial charge on any atom is -0.494 e. The molecule has 0 saturated carbocycles. The predicted molar refractivity (Wildman–Crippen MR) is 111 cm³/mol. The van der Waals surface area contributed by atoms with Gasteiger partial charge in [0.1, 0.15) is 11.5 Å². The second-order valence-electron chi connectivity index (χ2n) is 6.95. The molecule has 0 atom stereocenters. The first-order valence-corrected chi connectivity index (χ1v) is 11.2. The highest BCUT2D eigenvalue weighted by atomic mass is 32.2. The van der Waals surface area contributed by atoms with Crippen molar-refractivity contribution in [3.8, 4) is 0 Å². The topological polar surface area (TPSA) is 146 Å². The lowest BCUT2D eigenvalue weighted by Crippen LogP contribution is -2.31. The summed E-state index contributed by atoms with van der Waals surface area (Å²) in [5.74, 6) is 0.374. The average molecular weight is 423 g/mol. The Hall–Kier alpha value is -2.79. The first-order valence-electron chi connectivity index (χ1n) is 9.35. The van der Waals surface area contributed by atoms with E-state index in [0.29, 0.717) is 17.0 Å². The third-order valence-corrected chi connectivity index (χ3v) is 5.21. The molecule has 0 aromatic carbocycles. The number of allylic oxidation sites excluding steroid dienone is 4. The Bertz CT molecular complexity index is 984. The van der Waals surface area contributed by atoms with Crippen molar-refractivity contribution in [3.63, 3.8) is 0 Å². The summed E-state index contributed by atoms with van der Waals surface area (Å²) in [5, 5.41) is 23.7. The number of anilines is 1. The second kappa shape index (κ2) is 8.70. The van der Waals surface area contributed by atoms with Gasteiger partial charge in [0.25, 0.3) is 0 Å². The van der Waals surface area contributed by atoms with Crippen LogP contribution in [0.5, 0.6) is 0 Å². The quantitative estimate of drug-likeness (QED) is 0.496. The SMILES string of the molecule is CS(=O)(=O)NC1=CC(=C(O)N2CCCCC2)C=CC1=Nc1cnn(CCO)c1N. The van der Waals surface area contributed by atoms with E-state index < -0.39 is 10.0 Å². The molecule has 0 amide bonds. The number of aliphatic hydroxyl groups is 2. The van der Waals surface area contributed by atoms with Gasteiger partial charge in [-0.25, -0.2) is 18.1 Å². The summed E-state index contributed by atoms with van der Waals surface area (Å²) in [5.41, 5.74) is 7.41. The Balaban J connectivity index is 1.97. The fourth-order valence-electron chi connectivity index (χ4n) is 3.22. The number of aliphatic hydroxyl groups excluding tert-OH is 2. The Kier molecular flexibility index (Phi) is 6.28. The van der Waals surface area contributed by atoms with Crippen LogP contribution in [0.15, 0.2) is 46.6 Å². The number of nitrogen functional groups attached to an aromatic ring is 1. The second-order valence-corrected chi connectivity index (χ2v) is 8.70. The van der Waals surface area contributed by atoms with Crippen LogP contribution < -0.4 is 10.5 Å². The van der Waals surface area contributed by atoms with Crippen molar-refractivity contribution >= 4 is 27.2 Å². The smallest absolute Gasteiger partial charge is 0.229 e. The number of rotatable bonds is 6. The number of aliphatic imine (C=N–C) groups is 1. The molecule has 5 N–H and O–H groups in total. The maximum Gasteiger partial charge on any atom is 0.229 e. The monoisotopic (exact) mass is 422 g/mol. The van der Waals surface area contributed by atoms with Crippen molar-refractivity contribution < 1.29 is 18.6 Å². The predicted octanol–water partition coefficient (Wildman–Crippen LogP) is 0.789. The number of likely N-dealkylation sites (tertiary alicyclic amines) is 1. The zero-order chi connectivity index (χ0) is 21.0. The van der Waals surface area contributed by atoms with Crippen LogP contribution in [0.3, 0.4) is 0 Å². The Labute approximate surface area is 169 Å². The van der Waals surface area contributed by atoms with Gasteiger partial charge in [0.15, 0.2) is 5.88 Å². The van der Waals surface area contributed by atoms with Gasteiger partial charge in [0, 0.05) is 18.7 Å². The van der Waals surface area contributed by atoms with Gasteiger partial charge in [0.05, 0.1) is 37.0 Å². The van der Waals surface area contributed by atoms with Gasteiger partial charge in [-0.05, 0) is 37.5 Å². The number of nitrogens with two attached hydrogens (primary N) is 1. The number of piperidine rings is 1. The number of nitrogens with one attached hydrogen (secondary N) is 1. The van der Waals surface area contributed by atoms with Crippen LogP contribution in [0.4, 0.5) is 11.5 Å². The zero-order valence-electron chi connectivity index (χ0n) is 16.2. The van der Waals surface area contributed by atoms with Crippen LogP contribution in [0, 0.1) is 0 Å². The summed E-state index contributed by atoms with van der Waals surface area (Å²) in [6, 6.07) is 0. The van der Waals surface area contributed by atoms with E-state index >= 15 is 0 Å². The van der Waals surface area contributed by atoms with Gasteiger partial charge in [-0.1, -0.05) is 0 Å². The average Bonchev–Trinajstić information content (AvgIpc) is 3.02. The highest BCUT2D eigenvalue weighted by Crippen LogP contribution is 2.25. The maximum atomic E-state index is 11.8. The fourth-order valence-corrected chi connectivity index (χ4v) is 3.78. The molecule has 0 radical (unpaired) electrons. The minimum absolute atomic E-state index is 0.114. The van der Waals surface area contributed by atoms with Crippen molar-refractivity contribution in [2.24, 2.45) is 4.99 Å². The van der Waals surface area contributed by atoms with Crippen molar-refractivity contribution in [3.05, 3.63) is 41.6 Å². The van der Waals surface area contributed by atoms with Crippen LogP contribution in [-0.2, 0) is 16.6 Å². The van der Waals surface area contributed by atoms with Crippen LogP contribution >= 0.6 is 0 Å². The summed E-state index contributed by atoms with van der Waals surface area (Å²) >= 11 is 0. The van der Waals surface area contributed by atoms with Crippen molar-refractivity contribution in [2.75, 3.05) is 31.7 Å². The third kappa shape index (κ3) is 5.18. The normalized spacial score (nSPS) is 20.7. The standard InChI is InChI=1S/C18H26N6O4S/c1-29(27,28)22-15-11-13(18(26)23-7-3-2-4-8-23)5-6-14(15)21-16-12-20-24(9-10-25)17(16)19/h5-6,11-12,22,25-26H,2-4,7-10,19H2,1H3. The number of nitrogens with zero attached hydrogens (tertiary/aromatic N) is 4. The zero-order valence-corrected chi connectivity index (χ0v) is 17.1. The van der Waals surface area contributed by atoms with Crippen LogP contribution in [0.2, 0.25) is 0 Å². The molecule has 2 heterocycles. The molecule has 0 unspecified atom stereocenters. The Morgan fingerprint density at radius 3 is 2.69 bits per heavy atom. The molecular weight excluding hydrogens is 396 g/mol. The summed E-state index contributed by atoms with van der Waals surface area (Å²) in [6.45, 7) is 1.63. The molecule has 1 aromatic rings. The molecule has 1 saturated heterocycles. The molecule has 1 aliphatic carbocycles. The molecule has 2 aliphatic rings. The van der Waals surface area contributed by atoms with Crippen molar-refractivity contribution in [1.82, 2.24) is 19.4 Å². The van der Waals surface area contributed by atoms with Gasteiger partial charge in [-0.15, -0.1) is 0 Å². The highest BCUT2D eigenvalue weighted by Gasteiger charge is 2.20. The molecular formula is C18H26N6O4S. The Morgan fingerprint density at radius 2 is 2.03 bits per heavy atom. The summed E-state index contributed by atoms with van der Waals surface area (Å²) in [7, 11) is -3.57. The molecule has 1 fully saturated rings. The molecule has 29 heavy (non-hydrogen) atoms. The number of hydrogen-bond acceptors (Lipinski definition) is 8. The van der Waals surface area contributed by atoms with Crippen LogP contribution in [0.1, 0.15) is 19.3 Å². The van der Waals surface area contributed by atoms with E-state index in [2.05, 4.69) is 14.8 Å². The molecule has 0 spiro atoms. The lowest BCUT2D eigenvalue weighted by atomic mass is 10.0. The van der Waals surface area contributed by atoms with Crippen molar-refractivity contribution in [2.45, 2.75) is 25.8 Å². The lowest BCUT2D eigenvalue weighted by Gasteiger charge is -2.29. The molecule has 10 nitrogen and oxygen atoms in total. The number of sulfonamides is 1. The van der Waals surface area contributed by atoms with Gasteiger partial charge in [-0.2, -0.15) is 5.10 Å². The van der Waals surface area contributed by atoms with Gasteiger partial charge in [0.2, 0.25) is 10.0 Å². The van der Waals surface area contributed by atoms with E-state index in [0.717, 1.165) is 38.6 Å². The molecule has 1 aromatic heterocycles. The van der Waals surface area contributed by atoms with Gasteiger partial charge in [-0.3, -0.25) is 4.72 Å². The molecule has 1 aliphatic heterocycles. The number of hydrogen-bond donors (Lipinski definition) is 4. The van der Waals surface area contributed by atoms with Crippen LogP contribution in [-0.4, -0.2) is 65.0 Å². The minimum atomic E-state index is -3.57.